The van der Waals surface area contributed by atoms with Crippen molar-refractivity contribution in [1.82, 2.24) is 15.5 Å². The predicted molar refractivity (Wildman–Crippen MR) is 63.7 cm³/mol. The zero-order valence-corrected chi connectivity index (χ0v) is 10.7. The van der Waals surface area contributed by atoms with E-state index in [1.807, 2.05) is 11.9 Å². The molecule has 0 radical (unpaired) electrons. The van der Waals surface area contributed by atoms with Crippen LogP contribution < -0.4 is 10.6 Å². The molecule has 0 bridgehead atoms. The van der Waals surface area contributed by atoms with Crippen LogP contribution in [-0.2, 0) is 9.53 Å². The number of amides is 2. The van der Waals surface area contributed by atoms with Gasteiger partial charge in [-0.25, -0.2) is 4.79 Å². The van der Waals surface area contributed by atoms with Gasteiger partial charge in [0, 0.05) is 18.6 Å². The van der Waals surface area contributed by atoms with E-state index in [4.69, 9.17) is 0 Å². The lowest BCUT2D eigenvalue weighted by Crippen LogP contribution is -2.52. The summed E-state index contributed by atoms with van der Waals surface area (Å²) in [6, 6.07) is 0. The number of methoxy groups -OCH3 is 1. The lowest BCUT2D eigenvalue weighted by Gasteiger charge is -2.38. The molecule has 0 aromatic carbocycles. The van der Waals surface area contributed by atoms with Crippen molar-refractivity contribution in [2.75, 3.05) is 33.8 Å². The first-order valence-electron chi connectivity index (χ1n) is 5.78. The van der Waals surface area contributed by atoms with Crippen LogP contribution in [0.15, 0.2) is 0 Å². The minimum atomic E-state index is -0.702. The first-order valence-corrected chi connectivity index (χ1v) is 5.78. The zero-order chi connectivity index (χ0) is 12.9. The van der Waals surface area contributed by atoms with E-state index in [1.165, 1.54) is 7.11 Å². The lowest BCUT2D eigenvalue weighted by atomic mass is 9.90. The molecule has 6 nitrogen and oxygen atoms in total. The number of carbonyl (C=O) groups is 2. The summed E-state index contributed by atoms with van der Waals surface area (Å²) >= 11 is 0. The highest BCUT2D eigenvalue weighted by molar-refractivity contribution is 5.92. The monoisotopic (exact) mass is 243 g/mol. The van der Waals surface area contributed by atoms with Crippen molar-refractivity contribution in [2.45, 2.75) is 25.3 Å². The van der Waals surface area contributed by atoms with E-state index >= 15 is 0 Å². The van der Waals surface area contributed by atoms with Gasteiger partial charge in [0.15, 0.2) is 0 Å². The van der Waals surface area contributed by atoms with Gasteiger partial charge in [-0.2, -0.15) is 0 Å². The largest absolute Gasteiger partial charge is 0.453 e. The van der Waals surface area contributed by atoms with Crippen LogP contribution in [0.3, 0.4) is 0 Å². The van der Waals surface area contributed by atoms with Crippen LogP contribution in [0.5, 0.6) is 0 Å². The lowest BCUT2D eigenvalue weighted by molar-refractivity contribution is -0.121. The molecule has 0 spiro atoms. The maximum Gasteiger partial charge on any atom is 0.413 e. The molecule has 1 aliphatic heterocycles. The molecule has 0 aromatic heterocycles. The van der Waals surface area contributed by atoms with Crippen molar-refractivity contribution in [2.24, 2.45) is 0 Å². The molecule has 17 heavy (non-hydrogen) atoms. The Morgan fingerprint density at radius 2 is 1.94 bits per heavy atom. The number of hydrogen-bond donors (Lipinski definition) is 2. The predicted octanol–water partition coefficient (Wildman–Crippen LogP) is -0.0571. The Hall–Kier alpha value is -1.14. The Morgan fingerprint density at radius 1 is 1.35 bits per heavy atom. The molecule has 0 saturated carbocycles. The summed E-state index contributed by atoms with van der Waals surface area (Å²) < 4.78 is 4.36. The van der Waals surface area contributed by atoms with Crippen LogP contribution in [0.25, 0.3) is 0 Å². The summed E-state index contributed by atoms with van der Waals surface area (Å²) in [5.41, 5.74) is 0.162. The van der Waals surface area contributed by atoms with Gasteiger partial charge in [-0.3, -0.25) is 15.0 Å². The van der Waals surface area contributed by atoms with E-state index in [9.17, 15) is 9.59 Å². The summed E-state index contributed by atoms with van der Waals surface area (Å²) in [4.78, 5) is 24.3. The van der Waals surface area contributed by atoms with Crippen LogP contribution >= 0.6 is 0 Å². The second kappa shape index (κ2) is 5.97. The molecule has 0 unspecified atom stereocenters. The third-order valence-electron chi connectivity index (χ3n) is 3.36. The van der Waals surface area contributed by atoms with Crippen LogP contribution in [0.4, 0.5) is 4.79 Å². The number of imide groups is 1. The fraction of sp³-hybridized carbons (Fsp3) is 0.818. The van der Waals surface area contributed by atoms with Crippen molar-refractivity contribution in [3.8, 4) is 0 Å². The molecule has 2 N–H and O–H groups in total. The summed E-state index contributed by atoms with van der Waals surface area (Å²) in [5.74, 6) is -0.315. The van der Waals surface area contributed by atoms with Gasteiger partial charge >= 0.3 is 6.09 Å². The van der Waals surface area contributed by atoms with E-state index in [0.29, 0.717) is 0 Å². The minimum absolute atomic E-state index is 0.162. The van der Waals surface area contributed by atoms with Crippen molar-refractivity contribution in [1.29, 1.82) is 0 Å². The van der Waals surface area contributed by atoms with Gasteiger partial charge in [-0.15, -0.1) is 0 Å². The van der Waals surface area contributed by atoms with Gasteiger partial charge in [0.25, 0.3) is 0 Å². The number of nitrogens with zero attached hydrogens (tertiary/aromatic N) is 1. The number of likely N-dealkylation sites (tertiary alicyclic amines) is 1. The smallest absolute Gasteiger partial charge is 0.413 e. The van der Waals surface area contributed by atoms with Gasteiger partial charge in [-0.1, -0.05) is 0 Å². The Labute approximate surface area is 102 Å². The van der Waals surface area contributed by atoms with Gasteiger partial charge in [0.1, 0.15) is 0 Å². The van der Waals surface area contributed by atoms with Crippen LogP contribution in [0, 0.1) is 0 Å². The fourth-order valence-corrected chi connectivity index (χ4v) is 1.86. The first kappa shape index (κ1) is 13.9. The molecule has 0 aliphatic carbocycles. The highest BCUT2D eigenvalue weighted by atomic mass is 16.5. The molecule has 98 valence electrons. The summed E-state index contributed by atoms with van der Waals surface area (Å²) in [6.45, 7) is 4.13. The molecule has 1 saturated heterocycles. The van der Waals surface area contributed by atoms with Gasteiger partial charge in [0.2, 0.25) is 5.91 Å². The Morgan fingerprint density at radius 3 is 2.41 bits per heavy atom. The van der Waals surface area contributed by atoms with E-state index < -0.39 is 6.09 Å². The van der Waals surface area contributed by atoms with Crippen LogP contribution in [0.1, 0.15) is 19.8 Å². The number of ether oxygens (including phenoxy) is 1. The Kier molecular flexibility index (Phi) is 4.89. The number of piperidine rings is 1. The number of hydrogen-bond acceptors (Lipinski definition) is 5. The van der Waals surface area contributed by atoms with Crippen molar-refractivity contribution >= 4 is 12.0 Å². The van der Waals surface area contributed by atoms with Crippen molar-refractivity contribution < 1.29 is 14.3 Å². The molecule has 1 fully saturated rings. The maximum absolute atomic E-state index is 11.4. The zero-order valence-electron chi connectivity index (χ0n) is 10.7. The van der Waals surface area contributed by atoms with Gasteiger partial charge < -0.3 is 10.1 Å². The third kappa shape index (κ3) is 4.32. The molecule has 1 rings (SSSR count). The molecule has 6 heteroatoms. The van der Waals surface area contributed by atoms with Crippen LogP contribution in [0.2, 0.25) is 0 Å². The second-order valence-electron chi connectivity index (χ2n) is 4.63. The first-order chi connectivity index (χ1) is 7.99. The molecule has 0 atom stereocenters. The highest BCUT2D eigenvalue weighted by Gasteiger charge is 2.29. The molecule has 1 aliphatic rings. The Balaban J connectivity index is 2.31. The SMILES string of the molecule is CNC1(C)CCN(CC(=O)NC(=O)OC)CC1. The van der Waals surface area contributed by atoms with Crippen LogP contribution in [-0.4, -0.2) is 56.2 Å². The number of alkyl carbamates (subject to hydrolysis) is 1. The topological polar surface area (TPSA) is 70.7 Å². The quantitative estimate of drug-likeness (QED) is 0.727. The fourth-order valence-electron chi connectivity index (χ4n) is 1.86. The summed E-state index contributed by atoms with van der Waals surface area (Å²) in [5, 5.41) is 5.45. The number of nitrogens with one attached hydrogen (secondary N) is 2. The highest BCUT2D eigenvalue weighted by Crippen LogP contribution is 2.20. The average Bonchev–Trinajstić information content (AvgIpc) is 2.32. The standard InChI is InChI=1S/C11H21N3O3/c1-11(12-2)4-6-14(7-5-11)8-9(15)13-10(16)17-3/h12H,4-8H2,1-3H3,(H,13,15,16). The Bertz CT molecular complexity index is 286. The normalized spacial score (nSPS) is 19.7. The second-order valence-corrected chi connectivity index (χ2v) is 4.63. The van der Waals surface area contributed by atoms with Crippen molar-refractivity contribution in [3.05, 3.63) is 0 Å². The van der Waals surface area contributed by atoms with Crippen molar-refractivity contribution in [3.63, 3.8) is 0 Å². The molecule has 1 heterocycles. The number of rotatable bonds is 3. The summed E-state index contributed by atoms with van der Waals surface area (Å²) in [7, 11) is 3.20. The maximum atomic E-state index is 11.4. The number of carbonyl (C=O) groups excluding carboxylic acids is 2. The summed E-state index contributed by atoms with van der Waals surface area (Å²) in [6.07, 6.45) is 1.29. The molecule has 2 amide bonds. The van der Waals surface area contributed by atoms with E-state index in [2.05, 4.69) is 22.3 Å². The van der Waals surface area contributed by atoms with E-state index in [-0.39, 0.29) is 18.0 Å². The third-order valence-corrected chi connectivity index (χ3v) is 3.36. The van der Waals surface area contributed by atoms with E-state index in [0.717, 1.165) is 25.9 Å². The molecular formula is C11H21N3O3. The molecule has 0 aromatic rings. The molecular weight excluding hydrogens is 222 g/mol. The van der Waals surface area contributed by atoms with Gasteiger partial charge in [-0.05, 0) is 26.8 Å². The minimum Gasteiger partial charge on any atom is -0.453 e. The van der Waals surface area contributed by atoms with Gasteiger partial charge in [0.05, 0.1) is 13.7 Å². The van der Waals surface area contributed by atoms with E-state index in [1.54, 1.807) is 0 Å². The average molecular weight is 243 g/mol.